The minimum Gasteiger partial charge on any atom is -0.480 e. The van der Waals surface area contributed by atoms with E-state index in [1.807, 2.05) is 13.8 Å². The first-order chi connectivity index (χ1) is 8.45. The maximum atomic E-state index is 12.1. The number of nitrogens with zero attached hydrogens (tertiary/aromatic N) is 1. The standard InChI is InChI=1S/C13H24N2O3/c1-4-5-11(12(16)17)14-13(18)15-7-6-9(2)8-10(15)3/h9-11H,4-8H2,1-3H3,(H,14,18)(H,16,17)/t9?,10?,11-/m1/s1. The first-order valence-corrected chi connectivity index (χ1v) is 6.75. The van der Waals surface area contributed by atoms with Crippen molar-refractivity contribution in [2.45, 2.75) is 58.5 Å². The number of carbonyl (C=O) groups excluding carboxylic acids is 1. The Morgan fingerprint density at radius 3 is 2.61 bits per heavy atom. The first kappa shape index (κ1) is 14.8. The molecule has 1 rings (SSSR count). The summed E-state index contributed by atoms with van der Waals surface area (Å²) in [6.07, 6.45) is 3.19. The lowest BCUT2D eigenvalue weighted by molar-refractivity contribution is -0.139. The molecular formula is C13H24N2O3. The van der Waals surface area contributed by atoms with Crippen LogP contribution in [-0.4, -0.2) is 40.6 Å². The van der Waals surface area contributed by atoms with Crippen LogP contribution in [0.1, 0.15) is 46.5 Å². The minimum absolute atomic E-state index is 0.185. The molecule has 104 valence electrons. The molecule has 0 spiro atoms. The van der Waals surface area contributed by atoms with E-state index in [4.69, 9.17) is 5.11 Å². The summed E-state index contributed by atoms with van der Waals surface area (Å²) in [4.78, 5) is 24.8. The molecule has 3 atom stereocenters. The Labute approximate surface area is 109 Å². The number of rotatable bonds is 4. The van der Waals surface area contributed by atoms with E-state index in [-0.39, 0.29) is 12.1 Å². The third-order valence-electron chi connectivity index (χ3n) is 3.57. The molecule has 5 nitrogen and oxygen atoms in total. The molecule has 1 aliphatic heterocycles. The van der Waals surface area contributed by atoms with Gasteiger partial charge in [-0.2, -0.15) is 0 Å². The maximum Gasteiger partial charge on any atom is 0.326 e. The number of aliphatic carboxylic acids is 1. The molecule has 1 aliphatic rings. The molecule has 1 fully saturated rings. The van der Waals surface area contributed by atoms with Crippen LogP contribution >= 0.6 is 0 Å². The Bertz CT molecular complexity index is 307. The summed E-state index contributed by atoms with van der Waals surface area (Å²) in [6.45, 7) is 6.83. The third-order valence-corrected chi connectivity index (χ3v) is 3.57. The molecule has 0 aromatic rings. The van der Waals surface area contributed by atoms with E-state index in [1.165, 1.54) is 0 Å². The van der Waals surface area contributed by atoms with Crippen LogP contribution in [0.5, 0.6) is 0 Å². The van der Waals surface area contributed by atoms with E-state index in [0.29, 0.717) is 18.9 Å². The quantitative estimate of drug-likeness (QED) is 0.809. The molecule has 2 N–H and O–H groups in total. The van der Waals surface area contributed by atoms with Crippen LogP contribution in [0.3, 0.4) is 0 Å². The lowest BCUT2D eigenvalue weighted by Gasteiger charge is -2.37. The molecule has 18 heavy (non-hydrogen) atoms. The van der Waals surface area contributed by atoms with E-state index in [2.05, 4.69) is 12.2 Å². The van der Waals surface area contributed by atoms with Gasteiger partial charge in [0.1, 0.15) is 6.04 Å². The van der Waals surface area contributed by atoms with Crippen molar-refractivity contribution in [1.82, 2.24) is 10.2 Å². The highest BCUT2D eigenvalue weighted by Gasteiger charge is 2.29. The summed E-state index contributed by atoms with van der Waals surface area (Å²) < 4.78 is 0. The van der Waals surface area contributed by atoms with Crippen molar-refractivity contribution >= 4 is 12.0 Å². The van der Waals surface area contributed by atoms with E-state index < -0.39 is 12.0 Å². The van der Waals surface area contributed by atoms with E-state index >= 15 is 0 Å². The fraction of sp³-hybridized carbons (Fsp3) is 0.846. The number of hydrogen-bond donors (Lipinski definition) is 2. The molecular weight excluding hydrogens is 232 g/mol. The van der Waals surface area contributed by atoms with Crippen LogP contribution < -0.4 is 5.32 Å². The molecule has 0 bridgehead atoms. The maximum absolute atomic E-state index is 12.1. The fourth-order valence-electron chi connectivity index (χ4n) is 2.49. The zero-order valence-electron chi connectivity index (χ0n) is 11.5. The summed E-state index contributed by atoms with van der Waals surface area (Å²) in [5.41, 5.74) is 0. The second kappa shape index (κ2) is 6.61. The van der Waals surface area contributed by atoms with Gasteiger partial charge in [0, 0.05) is 12.6 Å². The van der Waals surface area contributed by atoms with Crippen LogP contribution in [0, 0.1) is 5.92 Å². The van der Waals surface area contributed by atoms with E-state index in [0.717, 1.165) is 19.3 Å². The fourth-order valence-corrected chi connectivity index (χ4v) is 2.49. The lowest BCUT2D eigenvalue weighted by Crippen LogP contribution is -2.53. The molecule has 2 amide bonds. The Kier molecular flexibility index (Phi) is 5.44. The van der Waals surface area contributed by atoms with Gasteiger partial charge >= 0.3 is 12.0 Å². The predicted molar refractivity (Wildman–Crippen MR) is 69.4 cm³/mol. The molecule has 0 aliphatic carbocycles. The zero-order chi connectivity index (χ0) is 13.7. The van der Waals surface area contributed by atoms with E-state index in [9.17, 15) is 9.59 Å². The van der Waals surface area contributed by atoms with Gasteiger partial charge in [-0.1, -0.05) is 20.3 Å². The van der Waals surface area contributed by atoms with Crippen molar-refractivity contribution in [3.63, 3.8) is 0 Å². The second-order valence-corrected chi connectivity index (χ2v) is 5.30. The molecule has 0 radical (unpaired) electrons. The number of carbonyl (C=O) groups is 2. The number of likely N-dealkylation sites (tertiary alicyclic amines) is 1. The van der Waals surface area contributed by atoms with Crippen molar-refractivity contribution < 1.29 is 14.7 Å². The highest BCUT2D eigenvalue weighted by Crippen LogP contribution is 2.22. The molecule has 0 saturated carbocycles. The minimum atomic E-state index is -0.955. The van der Waals surface area contributed by atoms with Crippen molar-refractivity contribution in [2.75, 3.05) is 6.54 Å². The molecule has 0 aromatic heterocycles. The molecule has 1 saturated heterocycles. The van der Waals surface area contributed by atoms with Gasteiger partial charge in [-0.25, -0.2) is 9.59 Å². The average molecular weight is 256 g/mol. The summed E-state index contributed by atoms with van der Waals surface area (Å²) in [5.74, 6) is -0.321. The smallest absolute Gasteiger partial charge is 0.326 e. The van der Waals surface area contributed by atoms with Gasteiger partial charge < -0.3 is 15.3 Å². The highest BCUT2D eigenvalue weighted by atomic mass is 16.4. The summed E-state index contributed by atoms with van der Waals surface area (Å²) in [5, 5.41) is 11.6. The average Bonchev–Trinajstić information content (AvgIpc) is 2.27. The Morgan fingerprint density at radius 1 is 1.44 bits per heavy atom. The van der Waals surface area contributed by atoms with Gasteiger partial charge in [0.25, 0.3) is 0 Å². The number of carboxylic acid groups (broad SMARTS) is 1. The summed E-state index contributed by atoms with van der Waals surface area (Å²) in [6, 6.07) is -0.825. The normalized spacial score (nSPS) is 25.6. The molecule has 5 heteroatoms. The number of piperidine rings is 1. The van der Waals surface area contributed by atoms with Crippen LogP contribution in [-0.2, 0) is 4.79 Å². The predicted octanol–water partition coefficient (Wildman–Crippen LogP) is 2.07. The SMILES string of the molecule is CCC[C@@H](NC(=O)N1CCC(C)CC1C)C(=O)O. The number of hydrogen-bond acceptors (Lipinski definition) is 2. The zero-order valence-corrected chi connectivity index (χ0v) is 11.5. The Morgan fingerprint density at radius 2 is 2.11 bits per heavy atom. The van der Waals surface area contributed by atoms with Gasteiger partial charge in [0.2, 0.25) is 0 Å². The topological polar surface area (TPSA) is 69.6 Å². The van der Waals surface area contributed by atoms with E-state index in [1.54, 1.807) is 4.90 Å². The number of amides is 2. The number of carboxylic acids is 1. The first-order valence-electron chi connectivity index (χ1n) is 6.75. The summed E-state index contributed by atoms with van der Waals surface area (Å²) >= 11 is 0. The summed E-state index contributed by atoms with van der Waals surface area (Å²) in [7, 11) is 0. The monoisotopic (exact) mass is 256 g/mol. The van der Waals surface area contributed by atoms with Gasteiger partial charge in [0.05, 0.1) is 0 Å². The lowest BCUT2D eigenvalue weighted by atomic mass is 9.94. The van der Waals surface area contributed by atoms with Crippen LogP contribution in [0.4, 0.5) is 4.79 Å². The molecule has 0 aromatic carbocycles. The van der Waals surface area contributed by atoms with Crippen molar-refractivity contribution in [3.05, 3.63) is 0 Å². The van der Waals surface area contributed by atoms with Gasteiger partial charge in [-0.15, -0.1) is 0 Å². The Hall–Kier alpha value is -1.26. The third kappa shape index (κ3) is 3.89. The largest absolute Gasteiger partial charge is 0.480 e. The van der Waals surface area contributed by atoms with Crippen LogP contribution in [0.2, 0.25) is 0 Å². The van der Waals surface area contributed by atoms with Crippen molar-refractivity contribution in [2.24, 2.45) is 5.92 Å². The van der Waals surface area contributed by atoms with Gasteiger partial charge in [-0.05, 0) is 32.1 Å². The van der Waals surface area contributed by atoms with Crippen LogP contribution in [0.25, 0.3) is 0 Å². The van der Waals surface area contributed by atoms with Gasteiger partial charge in [-0.3, -0.25) is 0 Å². The molecule has 2 unspecified atom stereocenters. The van der Waals surface area contributed by atoms with Crippen molar-refractivity contribution in [3.8, 4) is 0 Å². The van der Waals surface area contributed by atoms with Crippen LogP contribution in [0.15, 0.2) is 0 Å². The molecule has 1 heterocycles. The number of nitrogens with one attached hydrogen (secondary N) is 1. The Balaban J connectivity index is 2.55. The second-order valence-electron chi connectivity index (χ2n) is 5.30. The number of urea groups is 1. The van der Waals surface area contributed by atoms with Crippen molar-refractivity contribution in [1.29, 1.82) is 0 Å². The highest BCUT2D eigenvalue weighted by molar-refractivity contribution is 5.82. The van der Waals surface area contributed by atoms with Gasteiger partial charge in [0.15, 0.2) is 0 Å².